The van der Waals surface area contributed by atoms with E-state index in [1.807, 2.05) is 30.5 Å². The molecular weight excluding hydrogens is 262 g/mol. The Bertz CT molecular complexity index is 536. The van der Waals surface area contributed by atoms with Gasteiger partial charge in [-0.05, 0) is 31.0 Å². The first-order chi connectivity index (χ1) is 9.34. The van der Waals surface area contributed by atoms with Crippen LogP contribution in [-0.2, 0) is 4.74 Å². The first-order valence-corrected chi connectivity index (χ1v) is 6.86. The second-order valence-corrected chi connectivity index (χ2v) is 5.01. The summed E-state index contributed by atoms with van der Waals surface area (Å²) in [7, 11) is 0. The van der Waals surface area contributed by atoms with Crippen LogP contribution in [0.5, 0.6) is 0 Å². The summed E-state index contributed by atoms with van der Waals surface area (Å²) in [5, 5.41) is 8.34. The molecule has 1 unspecified atom stereocenters. The lowest BCUT2D eigenvalue weighted by atomic mass is 10.2. The van der Waals surface area contributed by atoms with E-state index in [-0.39, 0.29) is 0 Å². The van der Waals surface area contributed by atoms with Gasteiger partial charge in [0.25, 0.3) is 0 Å². The van der Waals surface area contributed by atoms with E-state index in [0.29, 0.717) is 11.1 Å². The molecule has 0 bridgehead atoms. The maximum atomic E-state index is 6.28. The molecule has 4 nitrogen and oxygen atoms in total. The molecule has 19 heavy (non-hydrogen) atoms. The van der Waals surface area contributed by atoms with Crippen molar-refractivity contribution in [3.05, 3.63) is 41.7 Å². The van der Waals surface area contributed by atoms with E-state index in [2.05, 4.69) is 10.4 Å². The molecule has 1 aliphatic heterocycles. The quantitative estimate of drug-likeness (QED) is 0.933. The molecule has 1 aromatic heterocycles. The zero-order chi connectivity index (χ0) is 13.1. The number of anilines is 1. The normalized spacial score (nSPS) is 18.7. The van der Waals surface area contributed by atoms with Gasteiger partial charge in [-0.2, -0.15) is 5.10 Å². The summed E-state index contributed by atoms with van der Waals surface area (Å²) in [6.07, 6.45) is 6.19. The zero-order valence-corrected chi connectivity index (χ0v) is 11.3. The van der Waals surface area contributed by atoms with Crippen molar-refractivity contribution in [2.75, 3.05) is 18.5 Å². The molecule has 1 N–H and O–H groups in total. The average molecular weight is 278 g/mol. The van der Waals surface area contributed by atoms with Crippen LogP contribution >= 0.6 is 11.6 Å². The third kappa shape index (κ3) is 2.74. The predicted octanol–water partition coefficient (Wildman–Crippen LogP) is 3.12. The molecule has 100 valence electrons. The van der Waals surface area contributed by atoms with Crippen molar-refractivity contribution >= 4 is 17.3 Å². The highest BCUT2D eigenvalue weighted by atomic mass is 35.5. The topological polar surface area (TPSA) is 39.1 Å². The van der Waals surface area contributed by atoms with E-state index in [9.17, 15) is 0 Å². The lowest BCUT2D eigenvalue weighted by Crippen LogP contribution is -2.19. The fourth-order valence-corrected chi connectivity index (χ4v) is 2.58. The van der Waals surface area contributed by atoms with Gasteiger partial charge in [0.05, 0.1) is 16.8 Å². The minimum Gasteiger partial charge on any atom is -0.381 e. The molecule has 0 aliphatic carbocycles. The Morgan fingerprint density at radius 2 is 2.37 bits per heavy atom. The summed E-state index contributed by atoms with van der Waals surface area (Å²) in [6.45, 7) is 1.67. The van der Waals surface area contributed by atoms with Gasteiger partial charge in [0.15, 0.2) is 0 Å². The van der Waals surface area contributed by atoms with Gasteiger partial charge in [-0.3, -0.25) is 0 Å². The molecular formula is C14H16ClN3O. The van der Waals surface area contributed by atoms with Crippen molar-refractivity contribution in [1.29, 1.82) is 0 Å². The Balaban J connectivity index is 1.82. The van der Waals surface area contributed by atoms with E-state index in [1.165, 1.54) is 0 Å². The van der Waals surface area contributed by atoms with Crippen LogP contribution in [0.2, 0.25) is 5.02 Å². The smallest absolute Gasteiger partial charge is 0.106 e. The van der Waals surface area contributed by atoms with Crippen LogP contribution in [-0.4, -0.2) is 29.0 Å². The van der Waals surface area contributed by atoms with E-state index in [0.717, 1.165) is 37.4 Å². The van der Waals surface area contributed by atoms with Gasteiger partial charge in [-0.25, -0.2) is 4.68 Å². The first kappa shape index (κ1) is 12.5. The number of hydrogen-bond acceptors (Lipinski definition) is 3. The number of ether oxygens (including phenoxy) is 1. The lowest BCUT2D eigenvalue weighted by molar-refractivity contribution is 0.120. The van der Waals surface area contributed by atoms with Crippen LogP contribution in [0.1, 0.15) is 12.8 Å². The number of rotatable bonds is 4. The Labute approximate surface area is 117 Å². The van der Waals surface area contributed by atoms with Crippen LogP contribution in [0.4, 0.5) is 5.69 Å². The molecule has 2 aromatic rings. The average Bonchev–Trinajstić information content (AvgIpc) is 3.09. The molecule has 0 saturated carbocycles. The molecule has 0 radical (unpaired) electrons. The van der Waals surface area contributed by atoms with Gasteiger partial charge in [0, 0.05) is 25.5 Å². The van der Waals surface area contributed by atoms with Crippen LogP contribution < -0.4 is 5.32 Å². The third-order valence-corrected chi connectivity index (χ3v) is 3.57. The summed E-state index contributed by atoms with van der Waals surface area (Å²) < 4.78 is 7.40. The monoisotopic (exact) mass is 277 g/mol. The van der Waals surface area contributed by atoms with Crippen molar-refractivity contribution < 1.29 is 4.74 Å². The van der Waals surface area contributed by atoms with Crippen LogP contribution in [0, 0.1) is 0 Å². The van der Waals surface area contributed by atoms with Crippen molar-refractivity contribution in [2.45, 2.75) is 18.9 Å². The van der Waals surface area contributed by atoms with E-state index in [4.69, 9.17) is 16.3 Å². The van der Waals surface area contributed by atoms with Crippen molar-refractivity contribution in [3.8, 4) is 5.69 Å². The van der Waals surface area contributed by atoms with Crippen LogP contribution in [0.15, 0.2) is 36.7 Å². The van der Waals surface area contributed by atoms with Gasteiger partial charge in [0.1, 0.15) is 5.69 Å². The number of para-hydroxylation sites is 1. The molecule has 1 atom stereocenters. The SMILES string of the molecule is Clc1cccc(NCC2CCCO2)c1-n1cccn1. The number of nitrogens with one attached hydrogen (secondary N) is 1. The Kier molecular flexibility index (Phi) is 3.71. The minimum atomic E-state index is 0.296. The third-order valence-electron chi connectivity index (χ3n) is 3.26. The number of hydrogen-bond donors (Lipinski definition) is 1. The van der Waals surface area contributed by atoms with E-state index < -0.39 is 0 Å². The molecule has 1 aromatic carbocycles. The molecule has 1 saturated heterocycles. The highest BCUT2D eigenvalue weighted by Gasteiger charge is 2.16. The molecule has 1 fully saturated rings. The first-order valence-electron chi connectivity index (χ1n) is 6.48. The fraction of sp³-hybridized carbons (Fsp3) is 0.357. The second-order valence-electron chi connectivity index (χ2n) is 4.60. The number of halogens is 1. The Hall–Kier alpha value is -1.52. The predicted molar refractivity (Wildman–Crippen MR) is 76.0 cm³/mol. The molecule has 1 aliphatic rings. The molecule has 2 heterocycles. The minimum absolute atomic E-state index is 0.296. The summed E-state index contributed by atoms with van der Waals surface area (Å²) in [5.74, 6) is 0. The van der Waals surface area contributed by atoms with Crippen LogP contribution in [0.25, 0.3) is 5.69 Å². The molecule has 3 rings (SSSR count). The van der Waals surface area contributed by atoms with Crippen molar-refractivity contribution in [2.24, 2.45) is 0 Å². The maximum absolute atomic E-state index is 6.28. The van der Waals surface area contributed by atoms with Gasteiger partial charge in [0.2, 0.25) is 0 Å². The number of aromatic nitrogens is 2. The van der Waals surface area contributed by atoms with Crippen LogP contribution in [0.3, 0.4) is 0 Å². The Morgan fingerprint density at radius 3 is 3.11 bits per heavy atom. The number of benzene rings is 1. The second kappa shape index (κ2) is 5.63. The largest absolute Gasteiger partial charge is 0.381 e. The molecule has 5 heteroatoms. The lowest BCUT2D eigenvalue weighted by Gasteiger charge is -2.16. The van der Waals surface area contributed by atoms with Crippen molar-refractivity contribution in [3.63, 3.8) is 0 Å². The molecule has 0 spiro atoms. The summed E-state index contributed by atoms with van der Waals surface area (Å²) in [5.41, 5.74) is 1.86. The summed E-state index contributed by atoms with van der Waals surface area (Å²) in [6, 6.07) is 7.70. The zero-order valence-electron chi connectivity index (χ0n) is 10.6. The standard InChI is InChI=1S/C14H16ClN3O/c15-12-5-1-6-13(14(12)18-8-3-7-17-18)16-10-11-4-2-9-19-11/h1,3,5-8,11,16H,2,4,9-10H2. The highest BCUT2D eigenvalue weighted by molar-refractivity contribution is 6.33. The highest BCUT2D eigenvalue weighted by Crippen LogP contribution is 2.28. The Morgan fingerprint density at radius 1 is 1.42 bits per heavy atom. The summed E-state index contributed by atoms with van der Waals surface area (Å²) >= 11 is 6.28. The fourth-order valence-electron chi connectivity index (χ4n) is 2.32. The maximum Gasteiger partial charge on any atom is 0.106 e. The summed E-state index contributed by atoms with van der Waals surface area (Å²) in [4.78, 5) is 0. The van der Waals surface area contributed by atoms with Gasteiger partial charge in [-0.1, -0.05) is 17.7 Å². The number of nitrogens with zero attached hydrogens (tertiary/aromatic N) is 2. The van der Waals surface area contributed by atoms with Gasteiger partial charge in [-0.15, -0.1) is 0 Å². The van der Waals surface area contributed by atoms with Crippen molar-refractivity contribution in [1.82, 2.24) is 9.78 Å². The molecule has 0 amide bonds. The van der Waals surface area contributed by atoms with Gasteiger partial charge < -0.3 is 10.1 Å². The van der Waals surface area contributed by atoms with E-state index >= 15 is 0 Å². The van der Waals surface area contributed by atoms with E-state index in [1.54, 1.807) is 10.9 Å². The van der Waals surface area contributed by atoms with Gasteiger partial charge >= 0.3 is 0 Å².